The van der Waals surface area contributed by atoms with Crippen LogP contribution >= 0.6 is 11.6 Å². The highest BCUT2D eigenvalue weighted by atomic mass is 35.5. The lowest BCUT2D eigenvalue weighted by Crippen LogP contribution is -2.25. The van der Waals surface area contributed by atoms with E-state index in [0.29, 0.717) is 17.4 Å². The number of carbonyl (C=O) groups is 1. The Balaban J connectivity index is 1.66. The van der Waals surface area contributed by atoms with Gasteiger partial charge in [-0.15, -0.1) is 0 Å². The second-order valence-corrected chi connectivity index (χ2v) is 6.98. The lowest BCUT2D eigenvalue weighted by Gasteiger charge is -2.10. The summed E-state index contributed by atoms with van der Waals surface area (Å²) in [6.45, 7) is 4.19. The molecule has 6 heteroatoms. The van der Waals surface area contributed by atoms with Crippen molar-refractivity contribution >= 4 is 23.6 Å². The number of benzene rings is 2. The molecule has 29 heavy (non-hydrogen) atoms. The minimum atomic E-state index is -0.460. The molecule has 146 valence electrons. The van der Waals surface area contributed by atoms with Gasteiger partial charge in [-0.25, -0.2) is 0 Å². The first-order chi connectivity index (χ1) is 14.0. The molecule has 1 N–H and O–H groups in total. The van der Waals surface area contributed by atoms with E-state index in [1.807, 2.05) is 56.3 Å². The number of aromatic nitrogens is 1. The maximum absolute atomic E-state index is 12.4. The highest BCUT2D eigenvalue weighted by Crippen LogP contribution is 2.17. The van der Waals surface area contributed by atoms with Gasteiger partial charge in [0.05, 0.1) is 0 Å². The molecule has 0 aliphatic carbocycles. The van der Waals surface area contributed by atoms with Crippen molar-refractivity contribution in [3.63, 3.8) is 0 Å². The third-order valence-corrected chi connectivity index (χ3v) is 4.61. The largest absolute Gasteiger partial charge is 0.489 e. The maximum atomic E-state index is 12.4. The van der Waals surface area contributed by atoms with Gasteiger partial charge in [0.25, 0.3) is 5.91 Å². The molecule has 0 radical (unpaired) electrons. The summed E-state index contributed by atoms with van der Waals surface area (Å²) in [4.78, 5) is 12.4. The summed E-state index contributed by atoms with van der Waals surface area (Å²) < 4.78 is 7.40. The molecule has 2 aromatic carbocycles. The fourth-order valence-corrected chi connectivity index (χ4v) is 2.86. The number of nitrogens with zero attached hydrogens (tertiary/aromatic N) is 2. The Labute approximate surface area is 174 Å². The summed E-state index contributed by atoms with van der Waals surface area (Å²) in [6.07, 6.45) is 1.55. The Morgan fingerprint density at radius 1 is 1.07 bits per heavy atom. The molecule has 0 bridgehead atoms. The van der Waals surface area contributed by atoms with Crippen molar-refractivity contribution in [1.82, 2.24) is 4.68 Å². The van der Waals surface area contributed by atoms with E-state index >= 15 is 0 Å². The Kier molecular flexibility index (Phi) is 6.38. The average molecular weight is 406 g/mol. The van der Waals surface area contributed by atoms with Crippen molar-refractivity contribution in [3.05, 3.63) is 93.8 Å². The van der Waals surface area contributed by atoms with E-state index in [1.165, 1.54) is 0 Å². The van der Waals surface area contributed by atoms with Crippen LogP contribution in [-0.4, -0.2) is 10.6 Å². The summed E-state index contributed by atoms with van der Waals surface area (Å²) in [5, 5.41) is 10.1. The minimum Gasteiger partial charge on any atom is -0.489 e. The zero-order valence-electron chi connectivity index (χ0n) is 16.1. The molecule has 3 aromatic rings. The molecule has 0 aliphatic rings. The lowest BCUT2D eigenvalue weighted by molar-refractivity contribution is -0.113. The number of nitrogens with one attached hydrogen (secondary N) is 1. The maximum Gasteiger partial charge on any atom is 0.280 e. The molecule has 3 rings (SSSR count). The van der Waals surface area contributed by atoms with E-state index in [0.717, 1.165) is 22.5 Å². The van der Waals surface area contributed by atoms with Gasteiger partial charge in [-0.1, -0.05) is 35.9 Å². The number of aryl methyl sites for hydroxylation is 2. The molecular formula is C23H20ClN3O2. The van der Waals surface area contributed by atoms with Crippen LogP contribution < -0.4 is 10.2 Å². The van der Waals surface area contributed by atoms with Crippen LogP contribution in [0, 0.1) is 25.2 Å². The van der Waals surface area contributed by atoms with E-state index in [4.69, 9.17) is 16.3 Å². The first-order valence-electron chi connectivity index (χ1n) is 9.01. The number of hydrogen-bond acceptors (Lipinski definition) is 3. The van der Waals surface area contributed by atoms with Crippen molar-refractivity contribution in [2.45, 2.75) is 20.5 Å². The Morgan fingerprint density at radius 2 is 1.69 bits per heavy atom. The number of amides is 1. The van der Waals surface area contributed by atoms with Gasteiger partial charge in [0.2, 0.25) is 0 Å². The molecule has 0 unspecified atom stereocenters. The van der Waals surface area contributed by atoms with Crippen molar-refractivity contribution < 1.29 is 9.53 Å². The monoisotopic (exact) mass is 405 g/mol. The van der Waals surface area contributed by atoms with Crippen molar-refractivity contribution in [2.24, 2.45) is 0 Å². The highest BCUT2D eigenvalue weighted by Gasteiger charge is 2.11. The van der Waals surface area contributed by atoms with Crippen LogP contribution in [0.25, 0.3) is 6.08 Å². The summed E-state index contributed by atoms with van der Waals surface area (Å²) >= 11 is 5.88. The number of nitriles is 1. The number of rotatable bonds is 6. The summed E-state index contributed by atoms with van der Waals surface area (Å²) in [5.74, 6) is 0.233. The Hall–Kier alpha value is -3.49. The van der Waals surface area contributed by atoms with Crippen LogP contribution in [0.2, 0.25) is 5.02 Å². The van der Waals surface area contributed by atoms with E-state index in [2.05, 4.69) is 5.43 Å². The second-order valence-electron chi connectivity index (χ2n) is 6.55. The molecule has 1 heterocycles. The zero-order chi connectivity index (χ0) is 20.8. The minimum absolute atomic E-state index is 0.0207. The van der Waals surface area contributed by atoms with Gasteiger partial charge < -0.3 is 4.74 Å². The van der Waals surface area contributed by atoms with Crippen molar-refractivity contribution in [3.8, 4) is 11.8 Å². The molecule has 0 spiro atoms. The van der Waals surface area contributed by atoms with E-state index < -0.39 is 5.91 Å². The van der Waals surface area contributed by atoms with E-state index in [-0.39, 0.29) is 5.57 Å². The fraction of sp³-hybridized carbons (Fsp3) is 0.130. The summed E-state index contributed by atoms with van der Waals surface area (Å²) in [6, 6.07) is 20.4. The SMILES string of the molecule is Cc1ccc(C)n1NC(=O)/C(C#N)=C\c1ccc(OCc2ccc(Cl)cc2)cc1. The first-order valence-corrected chi connectivity index (χ1v) is 9.39. The Bertz CT molecular complexity index is 1060. The van der Waals surface area contributed by atoms with Gasteiger partial charge in [0, 0.05) is 16.4 Å². The summed E-state index contributed by atoms with van der Waals surface area (Å²) in [7, 11) is 0. The topological polar surface area (TPSA) is 67.0 Å². The molecule has 0 fully saturated rings. The van der Waals surface area contributed by atoms with Crippen LogP contribution in [-0.2, 0) is 11.4 Å². The predicted octanol–water partition coefficient (Wildman–Crippen LogP) is 5.01. The lowest BCUT2D eigenvalue weighted by atomic mass is 10.1. The molecule has 0 saturated heterocycles. The van der Waals surface area contributed by atoms with Gasteiger partial charge in [-0.05, 0) is 67.4 Å². The number of ether oxygens (including phenoxy) is 1. The zero-order valence-corrected chi connectivity index (χ0v) is 16.9. The van der Waals surface area contributed by atoms with Crippen LogP contribution in [0.1, 0.15) is 22.5 Å². The highest BCUT2D eigenvalue weighted by molar-refractivity contribution is 6.30. The van der Waals surface area contributed by atoms with Crippen LogP contribution in [0.4, 0.5) is 0 Å². The normalized spacial score (nSPS) is 11.0. The van der Waals surface area contributed by atoms with Gasteiger partial charge in [-0.3, -0.25) is 14.9 Å². The second kappa shape index (κ2) is 9.13. The molecule has 1 amide bonds. The average Bonchev–Trinajstić information content (AvgIpc) is 3.04. The fourth-order valence-electron chi connectivity index (χ4n) is 2.73. The predicted molar refractivity (Wildman–Crippen MR) is 114 cm³/mol. The van der Waals surface area contributed by atoms with Crippen molar-refractivity contribution in [2.75, 3.05) is 5.43 Å². The third-order valence-electron chi connectivity index (χ3n) is 4.36. The quantitative estimate of drug-likeness (QED) is 0.462. The smallest absolute Gasteiger partial charge is 0.280 e. The molecular weight excluding hydrogens is 386 g/mol. The van der Waals surface area contributed by atoms with Crippen LogP contribution in [0.15, 0.2) is 66.2 Å². The van der Waals surface area contributed by atoms with Gasteiger partial charge in [0.1, 0.15) is 24.0 Å². The van der Waals surface area contributed by atoms with Crippen LogP contribution in [0.3, 0.4) is 0 Å². The number of carbonyl (C=O) groups excluding carboxylic acids is 1. The van der Waals surface area contributed by atoms with Gasteiger partial charge in [0.15, 0.2) is 0 Å². The van der Waals surface area contributed by atoms with Gasteiger partial charge in [-0.2, -0.15) is 5.26 Å². The van der Waals surface area contributed by atoms with Crippen LogP contribution in [0.5, 0.6) is 5.75 Å². The van der Waals surface area contributed by atoms with E-state index in [9.17, 15) is 10.1 Å². The Morgan fingerprint density at radius 3 is 2.28 bits per heavy atom. The standard InChI is InChI=1S/C23H20ClN3O2/c1-16-3-4-17(2)27(16)26-23(28)20(14-25)13-18-7-11-22(12-8-18)29-15-19-5-9-21(24)10-6-19/h3-13H,15H2,1-2H3,(H,26,28)/b20-13-. The third kappa shape index (κ3) is 5.28. The number of hydrogen-bond donors (Lipinski definition) is 1. The molecule has 0 saturated carbocycles. The first kappa shape index (κ1) is 20.2. The molecule has 1 aromatic heterocycles. The van der Waals surface area contributed by atoms with E-state index in [1.54, 1.807) is 35.0 Å². The molecule has 0 aliphatic heterocycles. The molecule has 0 atom stereocenters. The summed E-state index contributed by atoms with van der Waals surface area (Å²) in [5.41, 5.74) is 6.27. The van der Waals surface area contributed by atoms with Gasteiger partial charge >= 0.3 is 0 Å². The molecule has 5 nitrogen and oxygen atoms in total. The number of halogens is 1. The van der Waals surface area contributed by atoms with Crippen molar-refractivity contribution in [1.29, 1.82) is 5.26 Å².